The van der Waals surface area contributed by atoms with Crippen LogP contribution in [0.15, 0.2) is 0 Å². The maximum atomic E-state index is 6.50. The summed E-state index contributed by atoms with van der Waals surface area (Å²) in [6.07, 6.45) is 7.10. The summed E-state index contributed by atoms with van der Waals surface area (Å²) in [7, 11) is 0. The molecule has 1 aliphatic heterocycles. The van der Waals surface area contributed by atoms with Gasteiger partial charge in [0, 0.05) is 6.57 Å². The topological polar surface area (TPSA) is 35.8 Å². The van der Waals surface area contributed by atoms with Gasteiger partial charge in [0.1, 0.15) is 0 Å². The molecule has 1 rings (SSSR count). The number of nitrogens with zero attached hydrogens (tertiary/aromatic N) is 1. The van der Waals surface area contributed by atoms with Crippen LogP contribution in [0, 0.1) is 17.8 Å². The summed E-state index contributed by atoms with van der Waals surface area (Å²) in [5, 5.41) is 9.89. The molecular weight excluding hydrogens is 148 g/mol. The minimum absolute atomic E-state index is 1.04. The molecule has 0 amide bonds. The van der Waals surface area contributed by atoms with E-state index in [0.717, 1.165) is 5.92 Å². The van der Waals surface area contributed by atoms with Crippen molar-refractivity contribution in [1.29, 1.82) is 5.26 Å². The Hall–Kier alpha value is -0.550. The molecule has 2 nitrogen and oxygen atoms in total. The fraction of sp³-hybridized carbons (Fsp3) is 0.900. The summed E-state index contributed by atoms with van der Waals surface area (Å²) in [5.74, 6) is 1.04. The highest BCUT2D eigenvalue weighted by molar-refractivity contribution is 4.67. The van der Waals surface area contributed by atoms with Gasteiger partial charge in [-0.05, 0) is 31.8 Å². The highest BCUT2D eigenvalue weighted by Gasteiger charge is 2.11. The van der Waals surface area contributed by atoms with Crippen LogP contribution in [0.2, 0.25) is 0 Å². The van der Waals surface area contributed by atoms with Crippen LogP contribution in [0.1, 0.15) is 39.0 Å². The molecule has 0 aromatic heterocycles. The average Bonchev–Trinajstić information content (AvgIpc) is 2.19. The lowest BCUT2D eigenvalue weighted by Gasteiger charge is -2.21. The van der Waals surface area contributed by atoms with Crippen molar-refractivity contribution in [3.8, 4) is 6.57 Å². The predicted octanol–water partition coefficient (Wildman–Crippen LogP) is 2.32. The SMILES string of the molecule is C#N.CCCCC1CCNCC1. The molecule has 0 radical (unpaired) electrons. The minimum Gasteiger partial charge on any atom is -0.317 e. The number of unbranched alkanes of at least 4 members (excludes halogenated alkanes) is 1. The molecule has 2 heteroatoms. The Kier molecular flexibility index (Phi) is 8.15. The maximum Gasteiger partial charge on any atom is 0.0462 e. The molecule has 0 unspecified atom stereocenters. The second-order valence-corrected chi connectivity index (χ2v) is 3.34. The maximum absolute atomic E-state index is 6.50. The summed E-state index contributed by atoms with van der Waals surface area (Å²) in [5.41, 5.74) is 0. The lowest BCUT2D eigenvalue weighted by molar-refractivity contribution is 0.346. The fourth-order valence-electron chi connectivity index (χ4n) is 1.66. The molecule has 0 saturated carbocycles. The van der Waals surface area contributed by atoms with Gasteiger partial charge in [-0.1, -0.05) is 26.2 Å². The van der Waals surface area contributed by atoms with Crippen molar-refractivity contribution < 1.29 is 0 Å². The molecule has 1 heterocycles. The van der Waals surface area contributed by atoms with Gasteiger partial charge in [0.2, 0.25) is 0 Å². The largest absolute Gasteiger partial charge is 0.317 e. The number of hydrogen-bond donors (Lipinski definition) is 1. The Balaban J connectivity index is 0.000000561. The third-order valence-corrected chi connectivity index (χ3v) is 2.42. The van der Waals surface area contributed by atoms with Gasteiger partial charge in [0.25, 0.3) is 0 Å². The van der Waals surface area contributed by atoms with E-state index < -0.39 is 0 Å². The first kappa shape index (κ1) is 11.4. The van der Waals surface area contributed by atoms with Crippen molar-refractivity contribution in [1.82, 2.24) is 5.32 Å². The van der Waals surface area contributed by atoms with E-state index >= 15 is 0 Å². The average molecular weight is 168 g/mol. The first-order valence-electron chi connectivity index (χ1n) is 4.90. The van der Waals surface area contributed by atoms with Crippen LogP contribution in [-0.4, -0.2) is 13.1 Å². The molecule has 0 atom stereocenters. The van der Waals surface area contributed by atoms with Gasteiger partial charge in [0.15, 0.2) is 0 Å². The summed E-state index contributed by atoms with van der Waals surface area (Å²) in [6.45, 7) is 8.30. The van der Waals surface area contributed by atoms with Crippen LogP contribution < -0.4 is 5.32 Å². The standard InChI is InChI=1S/C9H19N.CHN/c1-2-3-4-9-5-7-10-8-6-9;1-2/h9-10H,2-8H2,1H3;1H. The van der Waals surface area contributed by atoms with Crippen LogP contribution in [0.25, 0.3) is 0 Å². The van der Waals surface area contributed by atoms with Crippen molar-refractivity contribution >= 4 is 0 Å². The first-order valence-corrected chi connectivity index (χ1v) is 4.90. The summed E-state index contributed by atoms with van der Waals surface area (Å²) in [4.78, 5) is 0. The summed E-state index contributed by atoms with van der Waals surface area (Å²) in [6, 6.07) is 0. The van der Waals surface area contributed by atoms with Crippen LogP contribution in [-0.2, 0) is 0 Å². The monoisotopic (exact) mass is 168 g/mol. The van der Waals surface area contributed by atoms with Crippen molar-refractivity contribution in [2.24, 2.45) is 5.92 Å². The van der Waals surface area contributed by atoms with E-state index in [2.05, 4.69) is 18.8 Å². The van der Waals surface area contributed by atoms with E-state index in [9.17, 15) is 0 Å². The lowest BCUT2D eigenvalue weighted by atomic mass is 9.93. The summed E-state index contributed by atoms with van der Waals surface area (Å²) < 4.78 is 0. The van der Waals surface area contributed by atoms with Gasteiger partial charge < -0.3 is 5.32 Å². The van der Waals surface area contributed by atoms with Crippen molar-refractivity contribution in [3.05, 3.63) is 0 Å². The van der Waals surface area contributed by atoms with Crippen molar-refractivity contribution in [2.45, 2.75) is 39.0 Å². The quantitative estimate of drug-likeness (QED) is 0.702. The smallest absolute Gasteiger partial charge is 0.0462 e. The Morgan fingerprint density at radius 3 is 2.42 bits per heavy atom. The van der Waals surface area contributed by atoms with E-state index in [1.165, 1.54) is 45.2 Å². The molecule has 1 N–H and O–H groups in total. The van der Waals surface area contributed by atoms with E-state index in [1.807, 2.05) is 0 Å². The minimum atomic E-state index is 1.04. The Morgan fingerprint density at radius 1 is 1.33 bits per heavy atom. The van der Waals surface area contributed by atoms with E-state index in [-0.39, 0.29) is 0 Å². The number of piperidine rings is 1. The summed E-state index contributed by atoms with van der Waals surface area (Å²) >= 11 is 0. The third kappa shape index (κ3) is 5.15. The number of nitrogens with one attached hydrogen (secondary N) is 1. The molecule has 0 aromatic rings. The van der Waals surface area contributed by atoms with E-state index in [4.69, 9.17) is 5.26 Å². The van der Waals surface area contributed by atoms with Crippen LogP contribution >= 0.6 is 0 Å². The molecule has 70 valence electrons. The molecule has 12 heavy (non-hydrogen) atoms. The molecule has 1 fully saturated rings. The molecule has 0 spiro atoms. The van der Waals surface area contributed by atoms with E-state index in [1.54, 1.807) is 0 Å². The van der Waals surface area contributed by atoms with Gasteiger partial charge in [-0.3, -0.25) is 0 Å². The Bertz CT molecular complexity index is 104. The Morgan fingerprint density at radius 2 is 1.92 bits per heavy atom. The zero-order valence-electron chi connectivity index (χ0n) is 8.05. The number of rotatable bonds is 3. The van der Waals surface area contributed by atoms with Gasteiger partial charge in [-0.25, -0.2) is 5.26 Å². The molecular formula is C10H20N2. The predicted molar refractivity (Wildman–Crippen MR) is 51.8 cm³/mol. The zero-order chi connectivity index (χ0) is 9.23. The fourth-order valence-corrected chi connectivity index (χ4v) is 1.66. The van der Waals surface area contributed by atoms with Crippen LogP contribution in [0.4, 0.5) is 0 Å². The molecule has 1 saturated heterocycles. The third-order valence-electron chi connectivity index (χ3n) is 2.42. The highest BCUT2D eigenvalue weighted by Crippen LogP contribution is 2.17. The Labute approximate surface area is 76.0 Å². The normalized spacial score (nSPS) is 17.9. The molecule has 0 aromatic carbocycles. The van der Waals surface area contributed by atoms with Gasteiger partial charge >= 0.3 is 0 Å². The molecule has 0 bridgehead atoms. The molecule has 0 aliphatic carbocycles. The van der Waals surface area contributed by atoms with Crippen molar-refractivity contribution in [3.63, 3.8) is 0 Å². The lowest BCUT2D eigenvalue weighted by Crippen LogP contribution is -2.27. The second kappa shape index (κ2) is 8.55. The molecule has 1 aliphatic rings. The van der Waals surface area contributed by atoms with Gasteiger partial charge in [0.05, 0.1) is 0 Å². The van der Waals surface area contributed by atoms with E-state index in [0.29, 0.717) is 0 Å². The first-order chi connectivity index (χ1) is 5.93. The number of hydrogen-bond acceptors (Lipinski definition) is 2. The number of nitriles is 1. The van der Waals surface area contributed by atoms with Crippen molar-refractivity contribution in [2.75, 3.05) is 13.1 Å². The van der Waals surface area contributed by atoms with Gasteiger partial charge in [-0.2, -0.15) is 0 Å². The van der Waals surface area contributed by atoms with Gasteiger partial charge in [-0.15, -0.1) is 0 Å². The second-order valence-electron chi connectivity index (χ2n) is 3.34. The highest BCUT2D eigenvalue weighted by atomic mass is 14.9. The zero-order valence-corrected chi connectivity index (χ0v) is 8.05. The van der Waals surface area contributed by atoms with Crippen LogP contribution in [0.3, 0.4) is 0 Å². The van der Waals surface area contributed by atoms with Crippen LogP contribution in [0.5, 0.6) is 0 Å².